The second kappa shape index (κ2) is 8.96. The lowest BCUT2D eigenvalue weighted by Gasteiger charge is -2.11. The molecular formula is C22H16F3N7O. The van der Waals surface area contributed by atoms with Crippen molar-refractivity contribution in [3.63, 3.8) is 0 Å². The van der Waals surface area contributed by atoms with Gasteiger partial charge in [0.1, 0.15) is 28.7 Å². The van der Waals surface area contributed by atoms with Crippen LogP contribution in [0.3, 0.4) is 0 Å². The third kappa shape index (κ3) is 4.90. The average Bonchev–Trinajstić information content (AvgIpc) is 2.82. The molecular weight excluding hydrogens is 435 g/mol. The van der Waals surface area contributed by atoms with Crippen LogP contribution in [-0.4, -0.2) is 27.0 Å². The molecule has 0 aliphatic carbocycles. The second-order valence-electron chi connectivity index (χ2n) is 6.84. The summed E-state index contributed by atoms with van der Waals surface area (Å²) in [5.41, 5.74) is 2.10. The van der Waals surface area contributed by atoms with Crippen molar-refractivity contribution in [2.24, 2.45) is 0 Å². The van der Waals surface area contributed by atoms with Crippen molar-refractivity contribution < 1.29 is 17.9 Å². The Kier molecular flexibility index (Phi) is 5.91. The van der Waals surface area contributed by atoms with Crippen LogP contribution in [0.25, 0.3) is 11.0 Å². The number of benzene rings is 1. The summed E-state index contributed by atoms with van der Waals surface area (Å²) < 4.78 is 42.9. The van der Waals surface area contributed by atoms with Gasteiger partial charge in [-0.3, -0.25) is 4.98 Å². The number of ether oxygens (including phenoxy) is 1. The number of halogens is 3. The second-order valence-corrected chi connectivity index (χ2v) is 6.84. The van der Waals surface area contributed by atoms with E-state index < -0.39 is 11.9 Å². The van der Waals surface area contributed by atoms with Crippen LogP contribution in [-0.2, 0) is 12.7 Å². The van der Waals surface area contributed by atoms with Gasteiger partial charge in [0.15, 0.2) is 0 Å². The summed E-state index contributed by atoms with van der Waals surface area (Å²) in [7, 11) is 1.47. The molecule has 2 N–H and O–H groups in total. The maximum Gasteiger partial charge on any atom is 0.433 e. The van der Waals surface area contributed by atoms with E-state index in [9.17, 15) is 18.4 Å². The van der Waals surface area contributed by atoms with Crippen molar-refractivity contribution in [3.8, 4) is 11.9 Å². The number of rotatable bonds is 6. The Balaban J connectivity index is 1.45. The normalized spacial score (nSPS) is 11.1. The highest BCUT2D eigenvalue weighted by Gasteiger charge is 2.31. The van der Waals surface area contributed by atoms with Crippen LogP contribution in [0, 0.1) is 11.3 Å². The van der Waals surface area contributed by atoms with Crippen LogP contribution in [0.1, 0.15) is 16.8 Å². The molecule has 3 aromatic heterocycles. The fraction of sp³-hybridized carbons (Fsp3) is 0.136. The molecule has 0 bridgehead atoms. The first-order valence-electron chi connectivity index (χ1n) is 9.60. The molecule has 0 unspecified atom stereocenters. The Bertz CT molecular complexity index is 1320. The van der Waals surface area contributed by atoms with Crippen molar-refractivity contribution in [2.45, 2.75) is 12.7 Å². The zero-order valence-corrected chi connectivity index (χ0v) is 17.2. The monoisotopic (exact) mass is 451 g/mol. The van der Waals surface area contributed by atoms with E-state index in [0.717, 1.165) is 6.07 Å². The Morgan fingerprint density at radius 2 is 1.85 bits per heavy atom. The Morgan fingerprint density at radius 1 is 1.00 bits per heavy atom. The molecule has 0 spiro atoms. The standard InChI is InChI=1S/C22H16F3N7O/c1-33-20-12-27-17-5-4-16(15(8-26)21(17)32-20)31-14-3-7-19(30-11-14)29-10-13-2-6-18(28-9-13)22(23,24)25/h2-7,9,11-12,31H,10H2,1H3,(H,29,30). The summed E-state index contributed by atoms with van der Waals surface area (Å²) in [6, 6.07) is 11.4. The molecule has 0 aliphatic rings. The SMILES string of the molecule is COc1cnc2ccc(Nc3ccc(NCc4ccc(C(F)(F)F)nc4)nc3)c(C#N)c2n1. The number of nitrogens with zero attached hydrogens (tertiary/aromatic N) is 5. The maximum absolute atomic E-state index is 12.6. The Hall–Kier alpha value is -4.46. The maximum atomic E-state index is 12.6. The zero-order chi connectivity index (χ0) is 23.4. The number of fused-ring (bicyclic) bond motifs is 1. The molecule has 4 rings (SSSR count). The summed E-state index contributed by atoms with van der Waals surface area (Å²) in [6.45, 7) is 0.259. The average molecular weight is 451 g/mol. The number of nitriles is 1. The smallest absolute Gasteiger partial charge is 0.433 e. The molecule has 0 saturated carbocycles. The lowest BCUT2D eigenvalue weighted by atomic mass is 10.1. The summed E-state index contributed by atoms with van der Waals surface area (Å²) in [6.07, 6.45) is -0.249. The number of hydrogen-bond acceptors (Lipinski definition) is 8. The van der Waals surface area contributed by atoms with Gasteiger partial charge in [-0.2, -0.15) is 18.4 Å². The highest BCUT2D eigenvalue weighted by atomic mass is 19.4. The van der Waals surface area contributed by atoms with E-state index in [4.69, 9.17) is 4.74 Å². The van der Waals surface area contributed by atoms with Gasteiger partial charge in [0.25, 0.3) is 0 Å². The van der Waals surface area contributed by atoms with Gasteiger partial charge in [-0.15, -0.1) is 0 Å². The van der Waals surface area contributed by atoms with Gasteiger partial charge in [0.05, 0.1) is 36.4 Å². The van der Waals surface area contributed by atoms with Crippen LogP contribution in [0.5, 0.6) is 5.88 Å². The summed E-state index contributed by atoms with van der Waals surface area (Å²) >= 11 is 0. The number of aromatic nitrogens is 4. The van der Waals surface area contributed by atoms with Crippen LogP contribution in [0.15, 0.2) is 55.0 Å². The molecule has 8 nitrogen and oxygen atoms in total. The minimum Gasteiger partial charge on any atom is -0.480 e. The van der Waals surface area contributed by atoms with E-state index in [1.165, 1.54) is 25.6 Å². The number of hydrogen-bond donors (Lipinski definition) is 2. The van der Waals surface area contributed by atoms with Crippen molar-refractivity contribution >= 4 is 28.2 Å². The van der Waals surface area contributed by atoms with Crippen LogP contribution >= 0.6 is 0 Å². The molecule has 0 atom stereocenters. The van der Waals surface area contributed by atoms with Gasteiger partial charge < -0.3 is 15.4 Å². The quantitative estimate of drug-likeness (QED) is 0.435. The molecule has 0 amide bonds. The van der Waals surface area contributed by atoms with Gasteiger partial charge in [-0.25, -0.2) is 15.0 Å². The molecule has 3 heterocycles. The summed E-state index contributed by atoms with van der Waals surface area (Å²) in [5.74, 6) is 0.826. The number of alkyl halides is 3. The first kappa shape index (κ1) is 21.8. The summed E-state index contributed by atoms with van der Waals surface area (Å²) in [4.78, 5) is 16.3. The van der Waals surface area contributed by atoms with Gasteiger partial charge in [-0.1, -0.05) is 6.07 Å². The predicted molar refractivity (Wildman–Crippen MR) is 115 cm³/mol. The number of pyridine rings is 2. The highest BCUT2D eigenvalue weighted by molar-refractivity contribution is 5.88. The molecule has 166 valence electrons. The van der Waals surface area contributed by atoms with E-state index in [-0.39, 0.29) is 6.54 Å². The third-order valence-electron chi connectivity index (χ3n) is 4.64. The van der Waals surface area contributed by atoms with E-state index >= 15 is 0 Å². The number of anilines is 3. The van der Waals surface area contributed by atoms with Crippen LogP contribution < -0.4 is 15.4 Å². The van der Waals surface area contributed by atoms with Gasteiger partial charge in [0.2, 0.25) is 5.88 Å². The number of nitrogens with one attached hydrogen (secondary N) is 2. The molecule has 4 aromatic rings. The Labute approximate surface area is 186 Å². The lowest BCUT2D eigenvalue weighted by Crippen LogP contribution is -2.08. The first-order valence-corrected chi connectivity index (χ1v) is 9.60. The van der Waals surface area contributed by atoms with E-state index in [1.807, 2.05) is 0 Å². The van der Waals surface area contributed by atoms with Gasteiger partial charge in [0, 0.05) is 12.7 Å². The van der Waals surface area contributed by atoms with E-state index in [1.54, 1.807) is 30.5 Å². The molecule has 33 heavy (non-hydrogen) atoms. The zero-order valence-electron chi connectivity index (χ0n) is 17.2. The Morgan fingerprint density at radius 3 is 2.48 bits per heavy atom. The fourth-order valence-electron chi connectivity index (χ4n) is 2.99. The molecule has 0 fully saturated rings. The van der Waals surface area contributed by atoms with Crippen molar-refractivity contribution in [2.75, 3.05) is 17.7 Å². The van der Waals surface area contributed by atoms with Crippen LogP contribution in [0.2, 0.25) is 0 Å². The van der Waals surface area contributed by atoms with Crippen LogP contribution in [0.4, 0.5) is 30.4 Å². The van der Waals surface area contributed by atoms with Crippen molar-refractivity contribution in [3.05, 3.63) is 71.8 Å². The first-order chi connectivity index (χ1) is 15.9. The van der Waals surface area contributed by atoms with Crippen molar-refractivity contribution in [1.29, 1.82) is 5.26 Å². The molecule has 0 radical (unpaired) electrons. The highest BCUT2D eigenvalue weighted by Crippen LogP contribution is 2.28. The minimum absolute atomic E-state index is 0.259. The minimum atomic E-state index is -4.47. The summed E-state index contributed by atoms with van der Waals surface area (Å²) in [5, 5.41) is 15.8. The predicted octanol–water partition coefficient (Wildman–Crippen LogP) is 4.67. The van der Waals surface area contributed by atoms with Crippen molar-refractivity contribution in [1.82, 2.24) is 19.9 Å². The molecule has 0 aliphatic heterocycles. The molecule has 11 heteroatoms. The molecule has 1 aromatic carbocycles. The lowest BCUT2D eigenvalue weighted by molar-refractivity contribution is -0.141. The fourth-order valence-corrected chi connectivity index (χ4v) is 2.99. The largest absolute Gasteiger partial charge is 0.480 e. The number of methoxy groups -OCH3 is 1. The van der Waals surface area contributed by atoms with E-state index in [0.29, 0.717) is 45.2 Å². The van der Waals surface area contributed by atoms with Gasteiger partial charge in [-0.05, 0) is 35.9 Å². The molecule has 0 saturated heterocycles. The third-order valence-corrected chi connectivity index (χ3v) is 4.64. The van der Waals surface area contributed by atoms with E-state index in [2.05, 4.69) is 36.6 Å². The topological polar surface area (TPSA) is 109 Å². The van der Waals surface area contributed by atoms with Gasteiger partial charge >= 0.3 is 6.18 Å².